The fraction of sp³-hybridized carbons (Fsp3) is 0.250. The van der Waals surface area contributed by atoms with Gasteiger partial charge in [-0.25, -0.2) is 0 Å². The first kappa shape index (κ1) is 14.2. The van der Waals surface area contributed by atoms with Gasteiger partial charge in [0.2, 0.25) is 5.91 Å². The molecule has 1 aromatic heterocycles. The molecular formula is C16H18N2O2. The second-order valence-electron chi connectivity index (χ2n) is 4.67. The molecule has 0 saturated carbocycles. The number of aliphatic hydroxyl groups is 1. The molecule has 20 heavy (non-hydrogen) atoms. The zero-order valence-electron chi connectivity index (χ0n) is 11.4. The third-order valence-corrected chi connectivity index (χ3v) is 3.05. The molecule has 0 radical (unpaired) electrons. The van der Waals surface area contributed by atoms with E-state index in [1.54, 1.807) is 12.3 Å². The highest BCUT2D eigenvalue weighted by atomic mass is 16.3. The Balaban J connectivity index is 2.12. The molecule has 2 rings (SSSR count). The summed E-state index contributed by atoms with van der Waals surface area (Å²) in [5.74, 6) is -0.160. The van der Waals surface area contributed by atoms with Crippen molar-refractivity contribution in [2.45, 2.75) is 19.4 Å². The second kappa shape index (κ2) is 6.82. The van der Waals surface area contributed by atoms with Gasteiger partial charge in [-0.05, 0) is 37.1 Å². The number of hydrogen-bond acceptors (Lipinski definition) is 3. The number of carbonyl (C=O) groups is 1. The molecule has 0 fully saturated rings. The van der Waals surface area contributed by atoms with Crippen LogP contribution in [0.4, 0.5) is 0 Å². The van der Waals surface area contributed by atoms with Crippen molar-refractivity contribution in [1.29, 1.82) is 0 Å². The third-order valence-electron chi connectivity index (χ3n) is 3.05. The van der Waals surface area contributed by atoms with Crippen LogP contribution in [0.2, 0.25) is 0 Å². The van der Waals surface area contributed by atoms with E-state index < -0.39 is 0 Å². The van der Waals surface area contributed by atoms with Crippen LogP contribution in [0.5, 0.6) is 0 Å². The van der Waals surface area contributed by atoms with Gasteiger partial charge in [0.25, 0.3) is 0 Å². The predicted octanol–water partition coefficient (Wildman–Crippen LogP) is 2.14. The summed E-state index contributed by atoms with van der Waals surface area (Å²) in [6.45, 7) is 1.93. The summed E-state index contributed by atoms with van der Waals surface area (Å²) in [6, 6.07) is 9.65. The van der Waals surface area contributed by atoms with Crippen molar-refractivity contribution in [2.24, 2.45) is 0 Å². The van der Waals surface area contributed by atoms with Gasteiger partial charge < -0.3 is 10.4 Å². The van der Waals surface area contributed by atoms with Crippen LogP contribution < -0.4 is 5.32 Å². The molecular weight excluding hydrogens is 252 g/mol. The lowest BCUT2D eigenvalue weighted by Crippen LogP contribution is -2.31. The summed E-state index contributed by atoms with van der Waals surface area (Å²) >= 11 is 0. The zero-order valence-corrected chi connectivity index (χ0v) is 11.4. The fourth-order valence-electron chi connectivity index (χ4n) is 1.99. The molecule has 0 saturated heterocycles. The average Bonchev–Trinajstić information content (AvgIpc) is 2.45. The van der Waals surface area contributed by atoms with Gasteiger partial charge in [0.05, 0.1) is 5.52 Å². The van der Waals surface area contributed by atoms with Crippen LogP contribution >= 0.6 is 0 Å². The molecule has 2 aromatic rings. The Bertz CT molecular complexity index is 617. The van der Waals surface area contributed by atoms with Crippen molar-refractivity contribution in [3.63, 3.8) is 0 Å². The molecule has 1 amide bonds. The van der Waals surface area contributed by atoms with Crippen molar-refractivity contribution in [3.05, 3.63) is 48.2 Å². The smallest absolute Gasteiger partial charge is 0.244 e. The number of rotatable bonds is 5. The molecule has 1 atom stereocenters. The molecule has 1 heterocycles. The average molecular weight is 270 g/mol. The van der Waals surface area contributed by atoms with E-state index in [0.29, 0.717) is 6.42 Å². The third kappa shape index (κ3) is 3.65. The number of nitrogens with zero attached hydrogens (tertiary/aromatic N) is 1. The first-order valence-corrected chi connectivity index (χ1v) is 6.64. The maximum atomic E-state index is 11.7. The van der Waals surface area contributed by atoms with Crippen LogP contribution in [0.15, 0.2) is 42.6 Å². The Morgan fingerprint density at radius 1 is 1.40 bits per heavy atom. The Morgan fingerprint density at radius 3 is 3.00 bits per heavy atom. The molecule has 104 valence electrons. The standard InChI is InChI=1S/C16H18N2O2/c1-12(9-11-19)18-16(20)7-6-13-8-10-17-15-5-3-2-4-14(13)15/h2-8,10,12,19H,9,11H2,1H3,(H,18,20)/b7-6+/t12-/m1/s1. The number of pyridine rings is 1. The number of para-hydroxylation sites is 1. The van der Waals surface area contributed by atoms with E-state index in [2.05, 4.69) is 10.3 Å². The van der Waals surface area contributed by atoms with Crippen LogP contribution in [0.3, 0.4) is 0 Å². The molecule has 0 aliphatic carbocycles. The number of carbonyl (C=O) groups excluding carboxylic acids is 1. The predicted molar refractivity (Wildman–Crippen MR) is 80.1 cm³/mol. The van der Waals surface area contributed by atoms with Crippen molar-refractivity contribution in [1.82, 2.24) is 10.3 Å². The first-order chi connectivity index (χ1) is 9.70. The summed E-state index contributed by atoms with van der Waals surface area (Å²) in [5, 5.41) is 12.6. The zero-order chi connectivity index (χ0) is 14.4. The normalized spacial score (nSPS) is 12.7. The molecule has 0 spiro atoms. The largest absolute Gasteiger partial charge is 0.396 e. The Kier molecular flexibility index (Phi) is 4.85. The molecule has 0 unspecified atom stereocenters. The van der Waals surface area contributed by atoms with E-state index in [4.69, 9.17) is 5.11 Å². The highest BCUT2D eigenvalue weighted by Crippen LogP contribution is 2.17. The highest BCUT2D eigenvalue weighted by molar-refractivity contribution is 5.95. The van der Waals surface area contributed by atoms with Crippen LogP contribution in [-0.4, -0.2) is 28.6 Å². The fourth-order valence-corrected chi connectivity index (χ4v) is 1.99. The lowest BCUT2D eigenvalue weighted by atomic mass is 10.1. The molecule has 4 nitrogen and oxygen atoms in total. The van der Waals surface area contributed by atoms with E-state index >= 15 is 0 Å². The van der Waals surface area contributed by atoms with Gasteiger partial charge in [-0.3, -0.25) is 9.78 Å². The summed E-state index contributed by atoms with van der Waals surface area (Å²) < 4.78 is 0. The first-order valence-electron chi connectivity index (χ1n) is 6.64. The van der Waals surface area contributed by atoms with Gasteiger partial charge in [-0.2, -0.15) is 0 Å². The van der Waals surface area contributed by atoms with Crippen LogP contribution in [0.25, 0.3) is 17.0 Å². The van der Waals surface area contributed by atoms with Crippen molar-refractivity contribution >= 4 is 22.9 Å². The number of hydrogen-bond donors (Lipinski definition) is 2. The molecule has 2 N–H and O–H groups in total. The number of aromatic nitrogens is 1. The van der Waals surface area contributed by atoms with Crippen molar-refractivity contribution < 1.29 is 9.90 Å². The molecule has 4 heteroatoms. The Labute approximate surface area is 118 Å². The van der Waals surface area contributed by atoms with Crippen molar-refractivity contribution in [3.8, 4) is 0 Å². The highest BCUT2D eigenvalue weighted by Gasteiger charge is 2.04. The SMILES string of the molecule is C[C@H](CCO)NC(=O)/C=C/c1ccnc2ccccc12. The number of fused-ring (bicyclic) bond motifs is 1. The van der Waals surface area contributed by atoms with Gasteiger partial charge in [-0.15, -0.1) is 0 Å². The number of benzene rings is 1. The Morgan fingerprint density at radius 2 is 2.20 bits per heavy atom. The summed E-state index contributed by atoms with van der Waals surface area (Å²) in [6.07, 6.45) is 5.58. The number of aliphatic hydroxyl groups excluding tert-OH is 1. The maximum Gasteiger partial charge on any atom is 0.244 e. The minimum atomic E-state index is -0.160. The number of nitrogens with one attached hydrogen (secondary N) is 1. The lowest BCUT2D eigenvalue weighted by Gasteiger charge is -2.10. The maximum absolute atomic E-state index is 11.7. The van der Waals surface area contributed by atoms with Gasteiger partial charge in [-0.1, -0.05) is 18.2 Å². The van der Waals surface area contributed by atoms with E-state index in [1.807, 2.05) is 37.3 Å². The molecule has 0 bridgehead atoms. The summed E-state index contributed by atoms with van der Waals surface area (Å²) in [5.41, 5.74) is 1.87. The van der Waals surface area contributed by atoms with Crippen LogP contribution in [0, 0.1) is 0 Å². The summed E-state index contributed by atoms with van der Waals surface area (Å²) in [7, 11) is 0. The lowest BCUT2D eigenvalue weighted by molar-refractivity contribution is -0.117. The van der Waals surface area contributed by atoms with Gasteiger partial charge in [0.1, 0.15) is 0 Å². The van der Waals surface area contributed by atoms with Crippen molar-refractivity contribution in [2.75, 3.05) is 6.61 Å². The van der Waals surface area contributed by atoms with E-state index in [1.165, 1.54) is 6.08 Å². The summed E-state index contributed by atoms with van der Waals surface area (Å²) in [4.78, 5) is 16.0. The van der Waals surface area contributed by atoms with Crippen LogP contribution in [-0.2, 0) is 4.79 Å². The van der Waals surface area contributed by atoms with Crippen LogP contribution in [0.1, 0.15) is 18.9 Å². The van der Waals surface area contributed by atoms with Gasteiger partial charge in [0.15, 0.2) is 0 Å². The quantitative estimate of drug-likeness (QED) is 0.818. The van der Waals surface area contributed by atoms with E-state index in [0.717, 1.165) is 16.5 Å². The second-order valence-corrected chi connectivity index (χ2v) is 4.67. The van der Waals surface area contributed by atoms with E-state index in [-0.39, 0.29) is 18.6 Å². The van der Waals surface area contributed by atoms with Gasteiger partial charge >= 0.3 is 0 Å². The van der Waals surface area contributed by atoms with Gasteiger partial charge in [0, 0.05) is 30.3 Å². The minimum absolute atomic E-state index is 0.0358. The number of amides is 1. The molecule has 1 aromatic carbocycles. The molecule has 0 aliphatic rings. The van der Waals surface area contributed by atoms with E-state index in [9.17, 15) is 4.79 Å². The topological polar surface area (TPSA) is 62.2 Å². The molecule has 0 aliphatic heterocycles. The monoisotopic (exact) mass is 270 g/mol. The minimum Gasteiger partial charge on any atom is -0.396 e. The Hall–Kier alpha value is -2.20.